The van der Waals surface area contributed by atoms with Crippen molar-refractivity contribution in [2.75, 3.05) is 0 Å². The minimum absolute atomic E-state index is 0.0871. The van der Waals surface area contributed by atoms with E-state index in [0.29, 0.717) is 5.92 Å². The number of benzene rings is 2. The highest BCUT2D eigenvalue weighted by atomic mass is 16.3. The van der Waals surface area contributed by atoms with Crippen LogP contribution in [0.4, 0.5) is 0 Å². The van der Waals surface area contributed by atoms with Gasteiger partial charge in [0.05, 0.1) is 6.61 Å². The van der Waals surface area contributed by atoms with Gasteiger partial charge in [0.15, 0.2) is 0 Å². The van der Waals surface area contributed by atoms with Gasteiger partial charge in [-0.25, -0.2) is 0 Å². The first-order valence-corrected chi connectivity index (χ1v) is 11.7. The molecule has 1 heteroatoms. The monoisotopic (exact) mass is 434 g/mol. The standard InChI is InChI=1S/C20H28O.C7H8.C4H10/c1-6-8-11-17(7-2)19(14-20(3,4)5)18-12-9-10-16(13-18)15-21;1-7-5-3-2-4-6-7;1-4(2)3/h6-13,19,21H,1,14-15H2,2-5H3;2-6H,1H3;4H,1-3H3/b11-8-,17-7+;;. The van der Waals surface area contributed by atoms with Crippen molar-refractivity contribution in [3.05, 3.63) is 108 Å². The lowest BCUT2D eigenvalue weighted by Gasteiger charge is -2.28. The highest BCUT2D eigenvalue weighted by Crippen LogP contribution is 2.37. The van der Waals surface area contributed by atoms with Crippen LogP contribution in [0.3, 0.4) is 0 Å². The molecule has 0 spiro atoms. The number of aliphatic hydroxyl groups excluding tert-OH is 1. The second kappa shape index (κ2) is 16.3. The van der Waals surface area contributed by atoms with E-state index in [4.69, 9.17) is 0 Å². The molecule has 0 aliphatic rings. The van der Waals surface area contributed by atoms with Gasteiger partial charge in [-0.15, -0.1) is 0 Å². The van der Waals surface area contributed by atoms with Crippen molar-refractivity contribution >= 4 is 0 Å². The van der Waals surface area contributed by atoms with E-state index in [9.17, 15) is 5.11 Å². The fraction of sp³-hybridized carbons (Fsp3) is 0.419. The van der Waals surface area contributed by atoms with Crippen LogP contribution in [-0.4, -0.2) is 5.11 Å². The van der Waals surface area contributed by atoms with Gasteiger partial charge in [0.25, 0.3) is 0 Å². The quantitative estimate of drug-likeness (QED) is 0.449. The topological polar surface area (TPSA) is 20.2 Å². The molecule has 0 bridgehead atoms. The maximum absolute atomic E-state index is 9.37. The summed E-state index contributed by atoms with van der Waals surface area (Å²) in [5.41, 5.74) is 5.08. The van der Waals surface area contributed by atoms with Crippen LogP contribution in [0.2, 0.25) is 0 Å². The zero-order chi connectivity index (χ0) is 24.6. The summed E-state index contributed by atoms with van der Waals surface area (Å²) in [6, 6.07) is 18.5. The SMILES string of the molecule is C=C/C=C\C(=C/C)C(CC(C)(C)C)c1cccc(CO)c1.CC(C)C.Cc1ccccc1. The van der Waals surface area contributed by atoms with Crippen molar-refractivity contribution in [3.8, 4) is 0 Å². The predicted octanol–water partition coefficient (Wildman–Crippen LogP) is 9.04. The molecule has 0 aliphatic carbocycles. The van der Waals surface area contributed by atoms with E-state index in [2.05, 4.69) is 98.4 Å². The van der Waals surface area contributed by atoms with Gasteiger partial charge in [-0.1, -0.05) is 133 Å². The van der Waals surface area contributed by atoms with Gasteiger partial charge in [0.2, 0.25) is 0 Å². The Kier molecular flexibility index (Phi) is 15.1. The Hall–Kier alpha value is -2.38. The summed E-state index contributed by atoms with van der Waals surface area (Å²) in [7, 11) is 0. The number of hydrogen-bond donors (Lipinski definition) is 1. The zero-order valence-electron chi connectivity index (χ0n) is 21.7. The fourth-order valence-electron chi connectivity index (χ4n) is 3.08. The van der Waals surface area contributed by atoms with Crippen LogP contribution in [0.25, 0.3) is 0 Å². The van der Waals surface area contributed by atoms with Gasteiger partial charge in [-0.3, -0.25) is 0 Å². The van der Waals surface area contributed by atoms with Gasteiger partial charge in [-0.2, -0.15) is 0 Å². The molecule has 1 unspecified atom stereocenters. The Morgan fingerprint density at radius 1 is 1.00 bits per heavy atom. The molecule has 0 saturated carbocycles. The lowest BCUT2D eigenvalue weighted by atomic mass is 9.77. The number of allylic oxidation sites excluding steroid dienone is 5. The summed E-state index contributed by atoms with van der Waals surface area (Å²) in [6.45, 7) is 21.3. The molecule has 1 atom stereocenters. The van der Waals surface area contributed by atoms with Gasteiger partial charge < -0.3 is 5.11 Å². The Labute approximate surface area is 198 Å². The molecule has 0 aliphatic heterocycles. The fourth-order valence-corrected chi connectivity index (χ4v) is 3.08. The Morgan fingerprint density at radius 3 is 2.00 bits per heavy atom. The van der Waals surface area contributed by atoms with Crippen molar-refractivity contribution in [1.82, 2.24) is 0 Å². The Bertz CT molecular complexity index is 801. The first kappa shape index (κ1) is 29.6. The average Bonchev–Trinajstić information content (AvgIpc) is 2.73. The van der Waals surface area contributed by atoms with E-state index >= 15 is 0 Å². The van der Waals surface area contributed by atoms with Gasteiger partial charge in [0, 0.05) is 5.92 Å². The van der Waals surface area contributed by atoms with Gasteiger partial charge >= 0.3 is 0 Å². The van der Waals surface area contributed by atoms with Crippen molar-refractivity contribution in [3.63, 3.8) is 0 Å². The second-order valence-electron chi connectivity index (χ2n) is 9.99. The zero-order valence-corrected chi connectivity index (χ0v) is 21.7. The minimum Gasteiger partial charge on any atom is -0.392 e. The summed E-state index contributed by atoms with van der Waals surface area (Å²) in [6.07, 6.45) is 9.16. The van der Waals surface area contributed by atoms with E-state index in [1.54, 1.807) is 0 Å². The molecule has 0 amide bonds. The number of aryl methyl sites for hydroxylation is 1. The van der Waals surface area contributed by atoms with Crippen molar-refractivity contribution in [2.45, 2.75) is 74.3 Å². The first-order valence-electron chi connectivity index (χ1n) is 11.7. The van der Waals surface area contributed by atoms with Gasteiger partial charge in [0.1, 0.15) is 0 Å². The van der Waals surface area contributed by atoms with E-state index in [-0.39, 0.29) is 12.0 Å². The molecule has 32 heavy (non-hydrogen) atoms. The molecule has 0 aromatic heterocycles. The van der Waals surface area contributed by atoms with Gasteiger partial charge in [-0.05, 0) is 48.3 Å². The lowest BCUT2D eigenvalue weighted by Crippen LogP contribution is -2.13. The maximum atomic E-state index is 9.37. The molecule has 176 valence electrons. The highest BCUT2D eigenvalue weighted by Gasteiger charge is 2.22. The third kappa shape index (κ3) is 14.6. The molecule has 2 aromatic rings. The van der Waals surface area contributed by atoms with Crippen molar-refractivity contribution in [2.24, 2.45) is 11.3 Å². The second-order valence-corrected chi connectivity index (χ2v) is 9.99. The maximum Gasteiger partial charge on any atom is 0.0681 e. The third-order valence-corrected chi connectivity index (χ3v) is 4.45. The smallest absolute Gasteiger partial charge is 0.0681 e. The number of hydrogen-bond acceptors (Lipinski definition) is 1. The highest BCUT2D eigenvalue weighted by molar-refractivity contribution is 5.37. The Balaban J connectivity index is 0.000000712. The third-order valence-electron chi connectivity index (χ3n) is 4.45. The van der Waals surface area contributed by atoms with Crippen LogP contribution in [0.15, 0.2) is 91.1 Å². The molecule has 0 fully saturated rings. The molecule has 0 radical (unpaired) electrons. The van der Waals surface area contributed by atoms with Crippen LogP contribution in [0, 0.1) is 18.3 Å². The summed E-state index contributed by atoms with van der Waals surface area (Å²) in [5.74, 6) is 1.16. The lowest BCUT2D eigenvalue weighted by molar-refractivity contribution is 0.281. The average molecular weight is 435 g/mol. The molecule has 0 heterocycles. The number of rotatable bonds is 6. The van der Waals surface area contributed by atoms with E-state index in [0.717, 1.165) is 17.9 Å². The normalized spacial score (nSPS) is 12.5. The molecular formula is C31H46O. The van der Waals surface area contributed by atoms with E-state index in [1.807, 2.05) is 42.5 Å². The van der Waals surface area contributed by atoms with E-state index in [1.165, 1.54) is 16.7 Å². The summed E-state index contributed by atoms with van der Waals surface area (Å²) < 4.78 is 0. The molecular weight excluding hydrogens is 388 g/mol. The van der Waals surface area contributed by atoms with E-state index < -0.39 is 0 Å². The van der Waals surface area contributed by atoms with Crippen LogP contribution in [-0.2, 0) is 6.61 Å². The molecule has 2 rings (SSSR count). The summed E-state index contributed by atoms with van der Waals surface area (Å²) >= 11 is 0. The molecule has 2 aromatic carbocycles. The minimum atomic E-state index is 0.0871. The molecule has 0 saturated heterocycles. The van der Waals surface area contributed by atoms with Crippen LogP contribution in [0.1, 0.15) is 77.5 Å². The predicted molar refractivity (Wildman–Crippen MR) is 144 cm³/mol. The van der Waals surface area contributed by atoms with Crippen LogP contribution >= 0.6 is 0 Å². The summed E-state index contributed by atoms with van der Waals surface area (Å²) in [4.78, 5) is 0. The van der Waals surface area contributed by atoms with Crippen molar-refractivity contribution in [1.29, 1.82) is 0 Å². The van der Waals surface area contributed by atoms with Crippen LogP contribution in [0.5, 0.6) is 0 Å². The van der Waals surface area contributed by atoms with Crippen LogP contribution < -0.4 is 0 Å². The Morgan fingerprint density at radius 2 is 1.59 bits per heavy atom. The first-order chi connectivity index (χ1) is 15.0. The number of aliphatic hydroxyl groups is 1. The van der Waals surface area contributed by atoms with Crippen molar-refractivity contribution < 1.29 is 5.11 Å². The summed E-state index contributed by atoms with van der Waals surface area (Å²) in [5, 5.41) is 9.37. The molecule has 1 nitrogen and oxygen atoms in total. The largest absolute Gasteiger partial charge is 0.392 e. The molecule has 1 N–H and O–H groups in total.